The average Bonchev–Trinajstić information content (AvgIpc) is 2.90. The van der Waals surface area contributed by atoms with Gasteiger partial charge in [0.15, 0.2) is 0 Å². The third-order valence-electron chi connectivity index (χ3n) is 4.28. The summed E-state index contributed by atoms with van der Waals surface area (Å²) in [5.74, 6) is -2.44. The Labute approximate surface area is 144 Å². The van der Waals surface area contributed by atoms with E-state index in [2.05, 4.69) is 5.32 Å². The van der Waals surface area contributed by atoms with Crippen LogP contribution in [0, 0.1) is 11.6 Å². The van der Waals surface area contributed by atoms with Crippen molar-refractivity contribution in [2.75, 3.05) is 11.4 Å². The maximum Gasteiger partial charge on any atom is 0.254 e. The Kier molecular flexibility index (Phi) is 4.79. The summed E-state index contributed by atoms with van der Waals surface area (Å²) in [7, 11) is 0. The molecule has 0 spiro atoms. The van der Waals surface area contributed by atoms with E-state index in [4.69, 9.17) is 0 Å². The molecule has 0 saturated carbocycles. The first kappa shape index (κ1) is 17.1. The van der Waals surface area contributed by atoms with Crippen molar-refractivity contribution in [2.45, 2.75) is 25.8 Å². The van der Waals surface area contributed by atoms with Gasteiger partial charge in [0, 0.05) is 30.8 Å². The van der Waals surface area contributed by atoms with E-state index < -0.39 is 17.5 Å². The number of hydrogen-bond donors (Lipinski definition) is 1. The van der Waals surface area contributed by atoms with Crippen LogP contribution in [0.15, 0.2) is 42.5 Å². The lowest BCUT2D eigenvalue weighted by Gasteiger charge is -2.22. The third kappa shape index (κ3) is 3.52. The summed E-state index contributed by atoms with van der Waals surface area (Å²) in [5, 5.41) is 2.50. The normalized spacial score (nSPS) is 15.8. The monoisotopic (exact) mass is 344 g/mol. The number of para-hydroxylation sites is 1. The summed E-state index contributed by atoms with van der Waals surface area (Å²) in [5.41, 5.74) is 1.78. The van der Waals surface area contributed by atoms with Crippen molar-refractivity contribution < 1.29 is 18.4 Å². The third-order valence-corrected chi connectivity index (χ3v) is 4.28. The number of amides is 2. The lowest BCUT2D eigenvalue weighted by Crippen LogP contribution is -2.38. The number of carbonyl (C=O) groups excluding carboxylic acids is 2. The molecule has 0 aromatic heterocycles. The Morgan fingerprint density at radius 2 is 1.96 bits per heavy atom. The molecule has 1 N–H and O–H groups in total. The van der Waals surface area contributed by atoms with Crippen LogP contribution in [0.25, 0.3) is 0 Å². The molecule has 4 nitrogen and oxygen atoms in total. The van der Waals surface area contributed by atoms with E-state index in [1.54, 1.807) is 4.90 Å². The Bertz CT molecular complexity index is 823. The molecule has 0 radical (unpaired) electrons. The highest BCUT2D eigenvalue weighted by Crippen LogP contribution is 2.32. The first-order valence-electron chi connectivity index (χ1n) is 8.10. The zero-order valence-electron chi connectivity index (χ0n) is 13.8. The van der Waals surface area contributed by atoms with Gasteiger partial charge in [-0.1, -0.05) is 18.2 Å². The molecule has 0 saturated heterocycles. The van der Waals surface area contributed by atoms with Crippen molar-refractivity contribution in [3.8, 4) is 0 Å². The van der Waals surface area contributed by atoms with Crippen molar-refractivity contribution in [1.82, 2.24) is 5.32 Å². The van der Waals surface area contributed by atoms with E-state index >= 15 is 0 Å². The smallest absolute Gasteiger partial charge is 0.254 e. The van der Waals surface area contributed by atoms with E-state index in [0.29, 0.717) is 6.07 Å². The van der Waals surface area contributed by atoms with Crippen LogP contribution in [-0.4, -0.2) is 24.4 Å². The summed E-state index contributed by atoms with van der Waals surface area (Å²) in [6, 6.07) is 10.6. The summed E-state index contributed by atoms with van der Waals surface area (Å²) < 4.78 is 26.5. The molecule has 130 valence electrons. The molecule has 6 heteroatoms. The minimum absolute atomic E-state index is 0.0649. The number of benzene rings is 2. The summed E-state index contributed by atoms with van der Waals surface area (Å²) in [6.07, 6.45) is 0.905. The molecule has 0 fully saturated rings. The largest absolute Gasteiger partial charge is 0.351 e. The van der Waals surface area contributed by atoms with Gasteiger partial charge < -0.3 is 10.2 Å². The Morgan fingerprint density at radius 1 is 1.20 bits per heavy atom. The lowest BCUT2D eigenvalue weighted by atomic mass is 10.1. The predicted octanol–water partition coefficient (Wildman–Crippen LogP) is 3.06. The van der Waals surface area contributed by atoms with Crippen molar-refractivity contribution in [3.63, 3.8) is 0 Å². The van der Waals surface area contributed by atoms with Gasteiger partial charge in [0.2, 0.25) is 5.91 Å². The lowest BCUT2D eigenvalue weighted by molar-refractivity contribution is -0.118. The van der Waals surface area contributed by atoms with Crippen LogP contribution in [0.3, 0.4) is 0 Å². The van der Waals surface area contributed by atoms with Gasteiger partial charge in [0.25, 0.3) is 5.91 Å². The quantitative estimate of drug-likeness (QED) is 0.927. The first-order valence-corrected chi connectivity index (χ1v) is 8.10. The van der Waals surface area contributed by atoms with Gasteiger partial charge in [-0.05, 0) is 37.1 Å². The summed E-state index contributed by atoms with van der Waals surface area (Å²) >= 11 is 0. The van der Waals surface area contributed by atoms with E-state index in [9.17, 15) is 18.4 Å². The Hall–Kier alpha value is -2.76. The fourth-order valence-corrected chi connectivity index (χ4v) is 3.12. The zero-order valence-corrected chi connectivity index (χ0v) is 13.8. The SMILES string of the molecule is CC1Cc2ccccc2N1C(=O)CCNC(=O)c1ccc(F)cc1F. The second kappa shape index (κ2) is 7.01. The second-order valence-electron chi connectivity index (χ2n) is 6.08. The molecular weight excluding hydrogens is 326 g/mol. The molecule has 1 unspecified atom stereocenters. The number of anilines is 1. The molecule has 0 bridgehead atoms. The standard InChI is InChI=1S/C19H18F2N2O2/c1-12-10-13-4-2-3-5-17(13)23(12)18(24)8-9-22-19(25)15-7-6-14(20)11-16(15)21/h2-7,11-12H,8-10H2,1H3,(H,22,25). The van der Waals surface area contributed by atoms with E-state index in [1.807, 2.05) is 31.2 Å². The van der Waals surface area contributed by atoms with Crippen LogP contribution in [0.4, 0.5) is 14.5 Å². The maximum absolute atomic E-state index is 13.6. The predicted molar refractivity (Wildman–Crippen MR) is 90.4 cm³/mol. The molecular formula is C19H18F2N2O2. The highest BCUT2D eigenvalue weighted by Gasteiger charge is 2.30. The van der Waals surface area contributed by atoms with E-state index in [0.717, 1.165) is 29.8 Å². The van der Waals surface area contributed by atoms with Gasteiger partial charge >= 0.3 is 0 Å². The summed E-state index contributed by atoms with van der Waals surface area (Å²) in [6.45, 7) is 2.06. The van der Waals surface area contributed by atoms with Crippen LogP contribution in [0.5, 0.6) is 0 Å². The summed E-state index contributed by atoms with van der Waals surface area (Å²) in [4.78, 5) is 26.2. The Morgan fingerprint density at radius 3 is 2.72 bits per heavy atom. The molecule has 1 aliphatic rings. The van der Waals surface area contributed by atoms with Gasteiger partial charge in [-0.25, -0.2) is 8.78 Å². The number of hydrogen-bond acceptors (Lipinski definition) is 2. The molecule has 2 amide bonds. The molecule has 25 heavy (non-hydrogen) atoms. The fourth-order valence-electron chi connectivity index (χ4n) is 3.12. The number of carbonyl (C=O) groups is 2. The van der Waals surface area contributed by atoms with Crippen LogP contribution in [0.1, 0.15) is 29.3 Å². The number of fused-ring (bicyclic) bond motifs is 1. The molecule has 1 atom stereocenters. The minimum Gasteiger partial charge on any atom is -0.351 e. The van der Waals surface area contributed by atoms with Crippen LogP contribution >= 0.6 is 0 Å². The van der Waals surface area contributed by atoms with Crippen LogP contribution in [0.2, 0.25) is 0 Å². The minimum atomic E-state index is -0.925. The molecule has 1 heterocycles. The van der Waals surface area contributed by atoms with E-state index in [-0.39, 0.29) is 30.5 Å². The number of nitrogens with one attached hydrogen (secondary N) is 1. The van der Waals surface area contributed by atoms with Gasteiger partial charge in [-0.2, -0.15) is 0 Å². The second-order valence-corrected chi connectivity index (χ2v) is 6.08. The van der Waals surface area contributed by atoms with Gasteiger partial charge in [0.1, 0.15) is 11.6 Å². The maximum atomic E-state index is 13.6. The Balaban J connectivity index is 1.59. The van der Waals surface area contributed by atoms with Crippen LogP contribution in [-0.2, 0) is 11.2 Å². The van der Waals surface area contributed by atoms with Gasteiger partial charge in [0.05, 0.1) is 5.56 Å². The van der Waals surface area contributed by atoms with Crippen molar-refractivity contribution in [2.24, 2.45) is 0 Å². The van der Waals surface area contributed by atoms with Gasteiger partial charge in [-0.3, -0.25) is 9.59 Å². The average molecular weight is 344 g/mol. The topological polar surface area (TPSA) is 49.4 Å². The first-order chi connectivity index (χ1) is 12.0. The number of rotatable bonds is 4. The molecule has 1 aliphatic heterocycles. The van der Waals surface area contributed by atoms with E-state index in [1.165, 1.54) is 0 Å². The van der Waals surface area contributed by atoms with Gasteiger partial charge in [-0.15, -0.1) is 0 Å². The van der Waals surface area contributed by atoms with Crippen molar-refractivity contribution >= 4 is 17.5 Å². The molecule has 2 aromatic carbocycles. The number of nitrogens with zero attached hydrogens (tertiary/aromatic N) is 1. The highest BCUT2D eigenvalue weighted by atomic mass is 19.1. The van der Waals surface area contributed by atoms with Crippen LogP contribution < -0.4 is 10.2 Å². The highest BCUT2D eigenvalue weighted by molar-refractivity contribution is 5.97. The zero-order chi connectivity index (χ0) is 18.0. The molecule has 2 aromatic rings. The molecule has 3 rings (SSSR count). The van der Waals surface area contributed by atoms with Crippen molar-refractivity contribution in [3.05, 3.63) is 65.2 Å². The number of halogens is 2. The fraction of sp³-hybridized carbons (Fsp3) is 0.263. The molecule has 0 aliphatic carbocycles. The van der Waals surface area contributed by atoms with Crippen molar-refractivity contribution in [1.29, 1.82) is 0 Å².